The Bertz CT molecular complexity index is 566. The number of nitrogens with one attached hydrogen (secondary N) is 1. The van der Waals surface area contributed by atoms with Gasteiger partial charge < -0.3 is 4.98 Å². The molecule has 0 saturated carbocycles. The van der Waals surface area contributed by atoms with Gasteiger partial charge in [0.15, 0.2) is 0 Å². The van der Waals surface area contributed by atoms with Gasteiger partial charge in [-0.1, -0.05) is 6.92 Å². The molecule has 0 bridgehead atoms. The van der Waals surface area contributed by atoms with Gasteiger partial charge in [-0.3, -0.25) is 9.48 Å². The van der Waals surface area contributed by atoms with E-state index in [1.54, 1.807) is 10.9 Å². The fraction of sp³-hybridized carbons (Fsp3) is 0.333. The summed E-state index contributed by atoms with van der Waals surface area (Å²) in [5.41, 5.74) is 3.67. The van der Waals surface area contributed by atoms with Crippen LogP contribution in [0.1, 0.15) is 18.1 Å². The molecule has 84 valence electrons. The predicted molar refractivity (Wildman–Crippen MR) is 63.4 cm³/mol. The summed E-state index contributed by atoms with van der Waals surface area (Å²) >= 11 is 0. The number of H-pyrrole nitrogens is 1. The Hall–Kier alpha value is -1.84. The van der Waals surface area contributed by atoms with E-state index < -0.39 is 0 Å². The van der Waals surface area contributed by atoms with Crippen molar-refractivity contribution in [2.45, 2.75) is 20.3 Å². The normalized spacial score (nSPS) is 10.7. The molecule has 0 radical (unpaired) electrons. The highest BCUT2D eigenvalue weighted by molar-refractivity contribution is 5.59. The lowest BCUT2D eigenvalue weighted by Crippen LogP contribution is -2.13. The van der Waals surface area contributed by atoms with Gasteiger partial charge in [0.05, 0.1) is 11.4 Å². The molecule has 2 heterocycles. The second kappa shape index (κ2) is 3.96. The van der Waals surface area contributed by atoms with Crippen molar-refractivity contribution in [1.82, 2.24) is 14.8 Å². The molecule has 0 aliphatic carbocycles. The van der Waals surface area contributed by atoms with Crippen LogP contribution in [-0.4, -0.2) is 14.8 Å². The maximum Gasteiger partial charge on any atom is 0.251 e. The van der Waals surface area contributed by atoms with Gasteiger partial charge in [0.1, 0.15) is 0 Å². The molecule has 0 fully saturated rings. The molecule has 0 aromatic carbocycles. The second-order valence-electron chi connectivity index (χ2n) is 3.88. The molecule has 0 aliphatic heterocycles. The van der Waals surface area contributed by atoms with Crippen molar-refractivity contribution in [3.8, 4) is 11.4 Å². The summed E-state index contributed by atoms with van der Waals surface area (Å²) in [6.45, 7) is 3.90. The smallest absolute Gasteiger partial charge is 0.251 e. The molecule has 0 spiro atoms. The summed E-state index contributed by atoms with van der Waals surface area (Å²) in [7, 11) is 1.87. The van der Waals surface area contributed by atoms with Gasteiger partial charge in [-0.25, -0.2) is 0 Å². The van der Waals surface area contributed by atoms with Gasteiger partial charge in [0, 0.05) is 18.8 Å². The molecule has 0 amide bonds. The summed E-state index contributed by atoms with van der Waals surface area (Å²) in [4.78, 5) is 14.6. The quantitative estimate of drug-likeness (QED) is 0.831. The fourth-order valence-electron chi connectivity index (χ4n) is 1.82. The molecular formula is C12H15N3O. The highest BCUT2D eigenvalue weighted by atomic mass is 16.1. The molecule has 1 N–H and O–H groups in total. The summed E-state index contributed by atoms with van der Waals surface area (Å²) in [5.74, 6) is 0. The van der Waals surface area contributed by atoms with Crippen LogP contribution in [0.4, 0.5) is 0 Å². The number of aryl methyl sites for hydroxylation is 3. The highest BCUT2D eigenvalue weighted by Crippen LogP contribution is 2.20. The van der Waals surface area contributed by atoms with Gasteiger partial charge in [-0.15, -0.1) is 0 Å². The van der Waals surface area contributed by atoms with Crippen LogP contribution in [-0.2, 0) is 13.5 Å². The minimum absolute atomic E-state index is 0.0339. The lowest BCUT2D eigenvalue weighted by atomic mass is 10.1. The van der Waals surface area contributed by atoms with E-state index in [-0.39, 0.29) is 5.56 Å². The number of hydrogen-bond acceptors (Lipinski definition) is 2. The number of pyridine rings is 1. The zero-order valence-corrected chi connectivity index (χ0v) is 9.74. The zero-order valence-electron chi connectivity index (χ0n) is 9.74. The van der Waals surface area contributed by atoms with Crippen LogP contribution in [0.2, 0.25) is 0 Å². The first-order valence-electron chi connectivity index (χ1n) is 5.34. The molecule has 2 aromatic rings. The van der Waals surface area contributed by atoms with E-state index in [4.69, 9.17) is 0 Å². The maximum absolute atomic E-state index is 11.6. The molecule has 16 heavy (non-hydrogen) atoms. The van der Waals surface area contributed by atoms with Crippen LogP contribution in [0.3, 0.4) is 0 Å². The number of rotatable bonds is 2. The Morgan fingerprint density at radius 3 is 2.81 bits per heavy atom. The SMILES string of the molecule is CCc1cc(C)c(=O)[nH]c1-c1ccnn1C. The Labute approximate surface area is 93.9 Å². The standard InChI is InChI=1S/C12H15N3O/c1-4-9-7-8(2)12(16)14-11(9)10-5-6-13-15(10)3/h5-7H,4H2,1-3H3,(H,14,16). The Kier molecular flexibility index (Phi) is 2.64. The third-order valence-electron chi connectivity index (χ3n) is 2.77. The molecule has 2 rings (SSSR count). The molecule has 4 heteroatoms. The number of aromatic nitrogens is 3. The van der Waals surface area contributed by atoms with Gasteiger partial charge in [-0.05, 0) is 31.0 Å². The maximum atomic E-state index is 11.6. The first kappa shape index (κ1) is 10.7. The molecule has 0 aliphatic rings. The van der Waals surface area contributed by atoms with E-state index in [9.17, 15) is 4.79 Å². The minimum atomic E-state index is -0.0339. The van der Waals surface area contributed by atoms with Gasteiger partial charge in [0.25, 0.3) is 5.56 Å². The summed E-state index contributed by atoms with van der Waals surface area (Å²) in [6.07, 6.45) is 2.62. The number of nitrogens with zero attached hydrogens (tertiary/aromatic N) is 2. The average Bonchev–Trinajstić information content (AvgIpc) is 2.68. The summed E-state index contributed by atoms with van der Waals surface area (Å²) in [5, 5.41) is 4.12. The van der Waals surface area contributed by atoms with Crippen molar-refractivity contribution in [3.63, 3.8) is 0 Å². The van der Waals surface area contributed by atoms with E-state index in [1.807, 2.05) is 26.1 Å². The first-order chi connectivity index (χ1) is 7.63. The van der Waals surface area contributed by atoms with Crippen molar-refractivity contribution < 1.29 is 0 Å². The van der Waals surface area contributed by atoms with Crippen LogP contribution < -0.4 is 5.56 Å². The highest BCUT2D eigenvalue weighted by Gasteiger charge is 2.09. The lowest BCUT2D eigenvalue weighted by Gasteiger charge is -2.08. The molecular weight excluding hydrogens is 202 g/mol. The van der Waals surface area contributed by atoms with Gasteiger partial charge >= 0.3 is 0 Å². The molecule has 2 aromatic heterocycles. The molecule has 0 unspecified atom stereocenters. The number of hydrogen-bond donors (Lipinski definition) is 1. The van der Waals surface area contributed by atoms with Crippen molar-refractivity contribution in [3.05, 3.63) is 39.8 Å². The van der Waals surface area contributed by atoms with Crippen LogP contribution in [0.25, 0.3) is 11.4 Å². The van der Waals surface area contributed by atoms with Crippen LogP contribution in [0.15, 0.2) is 23.1 Å². The van der Waals surface area contributed by atoms with E-state index in [1.165, 1.54) is 0 Å². The van der Waals surface area contributed by atoms with E-state index in [2.05, 4.69) is 17.0 Å². The van der Waals surface area contributed by atoms with Crippen molar-refractivity contribution in [2.75, 3.05) is 0 Å². The number of aromatic amines is 1. The van der Waals surface area contributed by atoms with Crippen molar-refractivity contribution in [2.24, 2.45) is 7.05 Å². The summed E-state index contributed by atoms with van der Waals surface area (Å²) in [6, 6.07) is 3.85. The van der Waals surface area contributed by atoms with Crippen LogP contribution >= 0.6 is 0 Å². The minimum Gasteiger partial charge on any atom is -0.320 e. The summed E-state index contributed by atoms with van der Waals surface area (Å²) < 4.78 is 1.76. The predicted octanol–water partition coefficient (Wildman–Crippen LogP) is 1.65. The average molecular weight is 217 g/mol. The van der Waals surface area contributed by atoms with E-state index >= 15 is 0 Å². The van der Waals surface area contributed by atoms with Crippen molar-refractivity contribution >= 4 is 0 Å². The zero-order chi connectivity index (χ0) is 11.7. The van der Waals surface area contributed by atoms with Gasteiger partial charge in [0.2, 0.25) is 0 Å². The monoisotopic (exact) mass is 217 g/mol. The Morgan fingerprint density at radius 2 is 2.25 bits per heavy atom. The topological polar surface area (TPSA) is 50.7 Å². The van der Waals surface area contributed by atoms with E-state index in [0.29, 0.717) is 0 Å². The Balaban J connectivity index is 2.69. The second-order valence-corrected chi connectivity index (χ2v) is 3.88. The molecule has 0 saturated heterocycles. The van der Waals surface area contributed by atoms with Gasteiger partial charge in [-0.2, -0.15) is 5.10 Å². The van der Waals surface area contributed by atoms with Crippen LogP contribution in [0, 0.1) is 6.92 Å². The van der Waals surface area contributed by atoms with E-state index in [0.717, 1.165) is 28.9 Å². The third kappa shape index (κ3) is 1.66. The van der Waals surface area contributed by atoms with Crippen LogP contribution in [0.5, 0.6) is 0 Å². The first-order valence-corrected chi connectivity index (χ1v) is 5.34. The largest absolute Gasteiger partial charge is 0.320 e. The third-order valence-corrected chi connectivity index (χ3v) is 2.77. The molecule has 4 nitrogen and oxygen atoms in total. The molecule has 0 atom stereocenters. The lowest BCUT2D eigenvalue weighted by molar-refractivity contribution is 0.771. The van der Waals surface area contributed by atoms with Crippen molar-refractivity contribution in [1.29, 1.82) is 0 Å². The fourth-order valence-corrected chi connectivity index (χ4v) is 1.82. The Morgan fingerprint density at radius 1 is 1.50 bits per heavy atom.